The van der Waals surface area contributed by atoms with Gasteiger partial charge in [-0.2, -0.15) is 0 Å². The standard InChI is InChI=1S/C12H16BrN3O/c1-2-5-14-9(8-12-15-6-7-16-12)10-3-4-11(13)17-10/h3-4,6-7,9,14H,2,5,8H2,1H3,(H,15,16). The van der Waals surface area contributed by atoms with E-state index in [1.165, 1.54) is 0 Å². The molecule has 0 spiro atoms. The number of hydrogen-bond donors (Lipinski definition) is 2. The van der Waals surface area contributed by atoms with E-state index < -0.39 is 0 Å². The zero-order chi connectivity index (χ0) is 12.1. The first-order chi connectivity index (χ1) is 8.29. The fourth-order valence-corrected chi connectivity index (χ4v) is 2.03. The van der Waals surface area contributed by atoms with Gasteiger partial charge in [0.1, 0.15) is 11.6 Å². The molecule has 0 aromatic carbocycles. The first-order valence-electron chi connectivity index (χ1n) is 5.76. The number of rotatable bonds is 6. The highest BCUT2D eigenvalue weighted by Gasteiger charge is 2.16. The molecule has 0 saturated heterocycles. The third-order valence-corrected chi connectivity index (χ3v) is 2.96. The maximum Gasteiger partial charge on any atom is 0.169 e. The van der Waals surface area contributed by atoms with Gasteiger partial charge in [0.2, 0.25) is 0 Å². The minimum Gasteiger partial charge on any atom is -0.453 e. The lowest BCUT2D eigenvalue weighted by Gasteiger charge is -2.14. The molecule has 0 aliphatic heterocycles. The number of nitrogens with one attached hydrogen (secondary N) is 2. The van der Waals surface area contributed by atoms with E-state index in [2.05, 4.69) is 38.1 Å². The summed E-state index contributed by atoms with van der Waals surface area (Å²) in [5.41, 5.74) is 0. The monoisotopic (exact) mass is 297 g/mol. The van der Waals surface area contributed by atoms with Crippen molar-refractivity contribution in [3.63, 3.8) is 0 Å². The highest BCUT2D eigenvalue weighted by molar-refractivity contribution is 9.10. The van der Waals surface area contributed by atoms with Crippen LogP contribution >= 0.6 is 15.9 Å². The Morgan fingerprint density at radius 3 is 3.00 bits per heavy atom. The van der Waals surface area contributed by atoms with Crippen LogP contribution in [0.3, 0.4) is 0 Å². The van der Waals surface area contributed by atoms with E-state index >= 15 is 0 Å². The van der Waals surface area contributed by atoms with Crippen LogP contribution in [0.4, 0.5) is 0 Å². The van der Waals surface area contributed by atoms with Crippen molar-refractivity contribution in [2.45, 2.75) is 25.8 Å². The van der Waals surface area contributed by atoms with Crippen molar-refractivity contribution < 1.29 is 4.42 Å². The fourth-order valence-electron chi connectivity index (χ4n) is 1.71. The van der Waals surface area contributed by atoms with E-state index in [0.29, 0.717) is 0 Å². The molecule has 0 aliphatic rings. The van der Waals surface area contributed by atoms with E-state index in [0.717, 1.165) is 35.6 Å². The van der Waals surface area contributed by atoms with Crippen LogP contribution in [-0.4, -0.2) is 16.5 Å². The molecule has 92 valence electrons. The molecule has 2 N–H and O–H groups in total. The molecule has 17 heavy (non-hydrogen) atoms. The zero-order valence-electron chi connectivity index (χ0n) is 9.74. The Morgan fingerprint density at radius 1 is 1.53 bits per heavy atom. The smallest absolute Gasteiger partial charge is 0.169 e. The van der Waals surface area contributed by atoms with Crippen molar-refractivity contribution in [1.29, 1.82) is 0 Å². The van der Waals surface area contributed by atoms with Crippen molar-refractivity contribution in [3.8, 4) is 0 Å². The van der Waals surface area contributed by atoms with E-state index in [1.54, 1.807) is 6.20 Å². The predicted molar refractivity (Wildman–Crippen MR) is 69.7 cm³/mol. The molecule has 0 aliphatic carbocycles. The number of hydrogen-bond acceptors (Lipinski definition) is 3. The lowest BCUT2D eigenvalue weighted by atomic mass is 10.1. The van der Waals surface area contributed by atoms with Gasteiger partial charge in [-0.1, -0.05) is 6.92 Å². The Balaban J connectivity index is 2.07. The van der Waals surface area contributed by atoms with Gasteiger partial charge in [-0.25, -0.2) is 4.98 Å². The Labute approximate surface area is 109 Å². The molecule has 1 unspecified atom stereocenters. The molecule has 2 aromatic heterocycles. The van der Waals surface area contributed by atoms with Gasteiger partial charge in [0.25, 0.3) is 0 Å². The van der Waals surface area contributed by atoms with Gasteiger partial charge < -0.3 is 14.7 Å². The molecule has 0 fully saturated rings. The molecule has 2 heterocycles. The highest BCUT2D eigenvalue weighted by Crippen LogP contribution is 2.22. The summed E-state index contributed by atoms with van der Waals surface area (Å²) < 4.78 is 6.36. The van der Waals surface area contributed by atoms with Crippen LogP contribution in [0.1, 0.15) is 31.0 Å². The van der Waals surface area contributed by atoms with Gasteiger partial charge in [0, 0.05) is 18.8 Å². The zero-order valence-corrected chi connectivity index (χ0v) is 11.3. The first kappa shape index (κ1) is 12.4. The van der Waals surface area contributed by atoms with Crippen LogP contribution in [0.5, 0.6) is 0 Å². The minimum absolute atomic E-state index is 0.160. The second kappa shape index (κ2) is 6.02. The number of furan rings is 1. The number of imidazole rings is 1. The van der Waals surface area contributed by atoms with E-state index in [9.17, 15) is 0 Å². The number of halogens is 1. The van der Waals surface area contributed by atoms with Crippen LogP contribution in [0.15, 0.2) is 33.6 Å². The number of aromatic amines is 1. The quantitative estimate of drug-likeness (QED) is 0.862. The Bertz CT molecular complexity index is 438. The molecule has 0 bridgehead atoms. The lowest BCUT2D eigenvalue weighted by molar-refractivity contribution is 0.396. The van der Waals surface area contributed by atoms with Gasteiger partial charge in [0.15, 0.2) is 4.67 Å². The molecular weight excluding hydrogens is 282 g/mol. The number of H-pyrrole nitrogens is 1. The largest absolute Gasteiger partial charge is 0.453 e. The third-order valence-electron chi connectivity index (χ3n) is 2.53. The molecule has 1 atom stereocenters. The topological polar surface area (TPSA) is 53.9 Å². The average Bonchev–Trinajstić information content (AvgIpc) is 2.95. The summed E-state index contributed by atoms with van der Waals surface area (Å²) in [6, 6.07) is 4.06. The first-order valence-corrected chi connectivity index (χ1v) is 6.55. The van der Waals surface area contributed by atoms with Crippen LogP contribution < -0.4 is 5.32 Å². The maximum atomic E-state index is 5.60. The van der Waals surface area contributed by atoms with E-state index in [-0.39, 0.29) is 6.04 Å². The summed E-state index contributed by atoms with van der Waals surface area (Å²) in [5.74, 6) is 1.90. The van der Waals surface area contributed by atoms with E-state index in [1.807, 2.05) is 18.3 Å². The van der Waals surface area contributed by atoms with Crippen LogP contribution in [0, 0.1) is 0 Å². The summed E-state index contributed by atoms with van der Waals surface area (Å²) in [5, 5.41) is 3.46. The Kier molecular flexibility index (Phi) is 4.39. The van der Waals surface area contributed by atoms with Crippen molar-refractivity contribution in [3.05, 3.63) is 40.8 Å². The lowest BCUT2D eigenvalue weighted by Crippen LogP contribution is -2.24. The Morgan fingerprint density at radius 2 is 2.41 bits per heavy atom. The molecule has 2 rings (SSSR count). The SMILES string of the molecule is CCCNC(Cc1ncc[nH]1)c1ccc(Br)o1. The maximum absolute atomic E-state index is 5.60. The summed E-state index contributed by atoms with van der Waals surface area (Å²) in [7, 11) is 0. The van der Waals surface area contributed by atoms with Crippen molar-refractivity contribution in [2.75, 3.05) is 6.54 Å². The van der Waals surface area contributed by atoms with E-state index in [4.69, 9.17) is 4.42 Å². The number of aromatic nitrogens is 2. The second-order valence-electron chi connectivity index (χ2n) is 3.89. The van der Waals surface area contributed by atoms with Crippen LogP contribution in [0.2, 0.25) is 0 Å². The minimum atomic E-state index is 0.160. The van der Waals surface area contributed by atoms with Crippen molar-refractivity contribution in [1.82, 2.24) is 15.3 Å². The summed E-state index contributed by atoms with van der Waals surface area (Å²) in [6.07, 6.45) is 5.50. The van der Waals surface area contributed by atoms with Crippen molar-refractivity contribution in [2.24, 2.45) is 0 Å². The second-order valence-corrected chi connectivity index (χ2v) is 4.67. The average molecular weight is 298 g/mol. The van der Waals surface area contributed by atoms with Crippen molar-refractivity contribution >= 4 is 15.9 Å². The Hall–Kier alpha value is -1.07. The predicted octanol–water partition coefficient (Wildman–Crippen LogP) is 3.05. The fraction of sp³-hybridized carbons (Fsp3) is 0.417. The molecule has 0 saturated carbocycles. The summed E-state index contributed by atoms with van der Waals surface area (Å²) in [6.45, 7) is 3.11. The van der Waals surface area contributed by atoms with Crippen LogP contribution in [-0.2, 0) is 6.42 Å². The van der Waals surface area contributed by atoms with Gasteiger partial charge in [-0.15, -0.1) is 0 Å². The molecule has 4 nitrogen and oxygen atoms in total. The van der Waals surface area contributed by atoms with Gasteiger partial charge in [-0.05, 0) is 41.0 Å². The molecular formula is C12H16BrN3O. The summed E-state index contributed by atoms with van der Waals surface area (Å²) in [4.78, 5) is 7.36. The number of nitrogens with zero attached hydrogens (tertiary/aromatic N) is 1. The molecule has 0 amide bonds. The van der Waals surface area contributed by atoms with Gasteiger partial charge in [-0.3, -0.25) is 0 Å². The molecule has 2 aromatic rings. The third kappa shape index (κ3) is 3.44. The van der Waals surface area contributed by atoms with Gasteiger partial charge in [0.05, 0.1) is 6.04 Å². The normalized spacial score (nSPS) is 12.8. The highest BCUT2D eigenvalue weighted by atomic mass is 79.9. The molecule has 0 radical (unpaired) electrons. The van der Waals surface area contributed by atoms with Gasteiger partial charge >= 0.3 is 0 Å². The van der Waals surface area contributed by atoms with Crippen LogP contribution in [0.25, 0.3) is 0 Å². The molecule has 5 heteroatoms. The summed E-state index contributed by atoms with van der Waals surface area (Å²) >= 11 is 3.33.